The van der Waals surface area contributed by atoms with Gasteiger partial charge in [0.05, 0.1) is 0 Å². The van der Waals surface area contributed by atoms with Crippen molar-refractivity contribution in [1.29, 1.82) is 0 Å². The minimum absolute atomic E-state index is 0.218. The highest BCUT2D eigenvalue weighted by Gasteiger charge is 2.16. The molecule has 0 unspecified atom stereocenters. The summed E-state index contributed by atoms with van der Waals surface area (Å²) in [6, 6.07) is 7.74. The zero-order valence-corrected chi connectivity index (χ0v) is 11.6. The van der Waals surface area contributed by atoms with Crippen molar-refractivity contribution in [2.45, 2.75) is 20.8 Å². The van der Waals surface area contributed by atoms with Crippen LogP contribution in [0, 0.1) is 20.8 Å². The Morgan fingerprint density at radius 1 is 1.25 bits per heavy atom. The van der Waals surface area contributed by atoms with E-state index in [2.05, 4.69) is 21.5 Å². The van der Waals surface area contributed by atoms with Crippen molar-refractivity contribution >= 4 is 22.6 Å². The minimum Gasteiger partial charge on any atom is -0.360 e. The number of fused-ring (bicyclic) bond motifs is 1. The summed E-state index contributed by atoms with van der Waals surface area (Å²) in [5.41, 5.74) is 3.60. The molecule has 2 heterocycles. The third kappa shape index (κ3) is 2.07. The number of carbonyl (C=O) groups excluding carboxylic acids is 1. The van der Waals surface area contributed by atoms with Crippen molar-refractivity contribution in [3.8, 4) is 0 Å². The second-order valence-corrected chi connectivity index (χ2v) is 4.95. The highest BCUT2D eigenvalue weighted by atomic mass is 16.5. The molecule has 3 aromatic rings. The second-order valence-electron chi connectivity index (χ2n) is 4.95. The number of carbonyl (C=O) groups is 1. The Labute approximate surface area is 116 Å². The Bertz CT molecular complexity index is 799. The fourth-order valence-corrected chi connectivity index (χ4v) is 2.27. The normalized spacial score (nSPS) is 10.9. The molecule has 1 aromatic carbocycles. The summed E-state index contributed by atoms with van der Waals surface area (Å²) < 4.78 is 4.93. The number of aromatic nitrogens is 2. The Morgan fingerprint density at radius 3 is 2.75 bits per heavy atom. The topological polar surface area (TPSA) is 70.9 Å². The van der Waals surface area contributed by atoms with E-state index in [0.717, 1.165) is 16.5 Å². The van der Waals surface area contributed by atoms with Gasteiger partial charge in [0.15, 0.2) is 5.82 Å². The highest BCUT2D eigenvalue weighted by molar-refractivity contribution is 6.07. The van der Waals surface area contributed by atoms with Crippen LogP contribution in [0.4, 0.5) is 5.82 Å². The monoisotopic (exact) mass is 269 g/mol. The zero-order chi connectivity index (χ0) is 14.3. The van der Waals surface area contributed by atoms with Gasteiger partial charge in [-0.15, -0.1) is 0 Å². The molecular formula is C15H15N3O2. The van der Waals surface area contributed by atoms with Gasteiger partial charge in [-0.3, -0.25) is 4.79 Å². The van der Waals surface area contributed by atoms with Crippen LogP contribution in [-0.4, -0.2) is 16.0 Å². The lowest BCUT2D eigenvalue weighted by Gasteiger charge is -1.99. The van der Waals surface area contributed by atoms with Crippen molar-refractivity contribution in [3.05, 3.63) is 46.8 Å². The lowest BCUT2D eigenvalue weighted by atomic mass is 10.1. The largest absolute Gasteiger partial charge is 0.360 e. The van der Waals surface area contributed by atoms with Gasteiger partial charge in [0.1, 0.15) is 11.5 Å². The fourth-order valence-electron chi connectivity index (χ4n) is 2.27. The van der Waals surface area contributed by atoms with Crippen LogP contribution >= 0.6 is 0 Å². The number of aromatic amines is 1. The van der Waals surface area contributed by atoms with Crippen molar-refractivity contribution in [2.24, 2.45) is 0 Å². The Balaban J connectivity index is 1.97. The average molecular weight is 269 g/mol. The lowest BCUT2D eigenvalue weighted by molar-refractivity contribution is 0.102. The molecule has 0 aliphatic rings. The third-order valence-electron chi connectivity index (χ3n) is 3.31. The van der Waals surface area contributed by atoms with Gasteiger partial charge in [-0.25, -0.2) is 0 Å². The summed E-state index contributed by atoms with van der Waals surface area (Å²) in [5.74, 6) is 0.857. The van der Waals surface area contributed by atoms with E-state index in [-0.39, 0.29) is 5.91 Å². The van der Waals surface area contributed by atoms with E-state index in [1.165, 1.54) is 5.56 Å². The van der Waals surface area contributed by atoms with Gasteiger partial charge in [-0.1, -0.05) is 16.8 Å². The van der Waals surface area contributed by atoms with Crippen LogP contribution in [0.3, 0.4) is 0 Å². The number of hydrogen-bond donors (Lipinski definition) is 2. The first-order chi connectivity index (χ1) is 9.54. The molecule has 0 atom stereocenters. The van der Waals surface area contributed by atoms with Gasteiger partial charge in [0, 0.05) is 17.0 Å². The molecule has 1 amide bonds. The maximum Gasteiger partial charge on any atom is 0.273 e. The highest BCUT2D eigenvalue weighted by Crippen LogP contribution is 2.23. The lowest BCUT2D eigenvalue weighted by Crippen LogP contribution is -2.13. The van der Waals surface area contributed by atoms with Crippen molar-refractivity contribution < 1.29 is 9.32 Å². The fraction of sp³-hybridized carbons (Fsp3) is 0.200. The first-order valence-electron chi connectivity index (χ1n) is 6.38. The Kier molecular flexibility index (Phi) is 2.82. The summed E-state index contributed by atoms with van der Waals surface area (Å²) in [4.78, 5) is 15.4. The van der Waals surface area contributed by atoms with Crippen LogP contribution in [0.25, 0.3) is 10.9 Å². The number of anilines is 1. The third-order valence-corrected chi connectivity index (χ3v) is 3.31. The van der Waals surface area contributed by atoms with Crippen molar-refractivity contribution in [3.63, 3.8) is 0 Å². The standard InChI is InChI=1S/C15H15N3O2/c1-8-4-5-12-11(6-8)10(3)14(16-12)15(19)17-13-7-9(2)20-18-13/h4-7,16H,1-3H3,(H,17,18,19). The average Bonchev–Trinajstić information content (AvgIpc) is 2.94. The van der Waals surface area contributed by atoms with E-state index in [1.54, 1.807) is 13.0 Å². The molecule has 2 aromatic heterocycles. The van der Waals surface area contributed by atoms with E-state index >= 15 is 0 Å². The molecular weight excluding hydrogens is 254 g/mol. The molecule has 0 aliphatic carbocycles. The van der Waals surface area contributed by atoms with Gasteiger partial charge in [-0.05, 0) is 38.5 Å². The molecule has 0 saturated heterocycles. The predicted octanol–water partition coefficient (Wildman–Crippen LogP) is 3.33. The van der Waals surface area contributed by atoms with Crippen LogP contribution in [0.5, 0.6) is 0 Å². The molecule has 5 heteroatoms. The van der Waals surface area contributed by atoms with Gasteiger partial charge >= 0.3 is 0 Å². The number of benzene rings is 1. The molecule has 3 rings (SSSR count). The molecule has 0 spiro atoms. The molecule has 0 aliphatic heterocycles. The summed E-state index contributed by atoms with van der Waals surface area (Å²) in [7, 11) is 0. The quantitative estimate of drug-likeness (QED) is 0.749. The maximum atomic E-state index is 12.3. The molecule has 102 valence electrons. The summed E-state index contributed by atoms with van der Waals surface area (Å²) in [6.45, 7) is 5.74. The smallest absolute Gasteiger partial charge is 0.273 e. The van der Waals surface area contributed by atoms with Crippen LogP contribution < -0.4 is 5.32 Å². The predicted molar refractivity (Wildman–Crippen MR) is 77.0 cm³/mol. The summed E-state index contributed by atoms with van der Waals surface area (Å²) >= 11 is 0. The van der Waals surface area contributed by atoms with Crippen LogP contribution in [-0.2, 0) is 0 Å². The zero-order valence-electron chi connectivity index (χ0n) is 11.6. The molecule has 0 fully saturated rings. The number of amides is 1. The molecule has 5 nitrogen and oxygen atoms in total. The van der Waals surface area contributed by atoms with Gasteiger partial charge in [0.2, 0.25) is 0 Å². The van der Waals surface area contributed by atoms with Crippen molar-refractivity contribution in [2.75, 3.05) is 5.32 Å². The molecule has 20 heavy (non-hydrogen) atoms. The van der Waals surface area contributed by atoms with E-state index in [4.69, 9.17) is 4.52 Å². The van der Waals surface area contributed by atoms with E-state index in [9.17, 15) is 4.79 Å². The van der Waals surface area contributed by atoms with Gasteiger partial charge in [0.25, 0.3) is 5.91 Å². The molecule has 0 saturated carbocycles. The first-order valence-corrected chi connectivity index (χ1v) is 6.38. The first kappa shape index (κ1) is 12.5. The summed E-state index contributed by atoms with van der Waals surface area (Å²) in [5, 5.41) is 7.54. The van der Waals surface area contributed by atoms with E-state index < -0.39 is 0 Å². The second kappa shape index (κ2) is 4.52. The number of H-pyrrole nitrogens is 1. The number of nitrogens with zero attached hydrogens (tertiary/aromatic N) is 1. The van der Waals surface area contributed by atoms with Crippen molar-refractivity contribution in [1.82, 2.24) is 10.1 Å². The van der Waals surface area contributed by atoms with Crippen LogP contribution in [0.1, 0.15) is 27.4 Å². The molecule has 2 N–H and O–H groups in total. The molecule has 0 radical (unpaired) electrons. The minimum atomic E-state index is -0.218. The maximum absolute atomic E-state index is 12.3. The van der Waals surface area contributed by atoms with Crippen LogP contribution in [0.15, 0.2) is 28.8 Å². The Hall–Kier alpha value is -2.56. The number of nitrogens with one attached hydrogen (secondary N) is 2. The number of aryl methyl sites for hydroxylation is 3. The SMILES string of the molecule is Cc1ccc2[nH]c(C(=O)Nc3cc(C)on3)c(C)c2c1. The summed E-state index contributed by atoms with van der Waals surface area (Å²) in [6.07, 6.45) is 0. The Morgan fingerprint density at radius 2 is 2.05 bits per heavy atom. The molecule has 0 bridgehead atoms. The number of rotatable bonds is 2. The van der Waals surface area contributed by atoms with E-state index in [0.29, 0.717) is 17.3 Å². The van der Waals surface area contributed by atoms with Gasteiger partial charge < -0.3 is 14.8 Å². The van der Waals surface area contributed by atoms with Gasteiger partial charge in [-0.2, -0.15) is 0 Å². The van der Waals surface area contributed by atoms with Crippen LogP contribution in [0.2, 0.25) is 0 Å². The van der Waals surface area contributed by atoms with E-state index in [1.807, 2.05) is 26.0 Å². The number of hydrogen-bond acceptors (Lipinski definition) is 3.